The van der Waals surface area contributed by atoms with Crippen LogP contribution < -0.4 is 11.1 Å². The highest BCUT2D eigenvalue weighted by Gasteiger charge is 2.23. The molecule has 1 aliphatic rings. The van der Waals surface area contributed by atoms with Gasteiger partial charge in [0.15, 0.2) is 0 Å². The number of aromatic nitrogens is 2. The van der Waals surface area contributed by atoms with E-state index in [0.717, 1.165) is 42.7 Å². The fourth-order valence-corrected chi connectivity index (χ4v) is 3.51. The summed E-state index contributed by atoms with van der Waals surface area (Å²) in [4.78, 5) is 33.1. The summed E-state index contributed by atoms with van der Waals surface area (Å²) in [6.45, 7) is 5.93. The van der Waals surface area contributed by atoms with Gasteiger partial charge in [-0.2, -0.15) is 0 Å². The van der Waals surface area contributed by atoms with Crippen molar-refractivity contribution in [1.29, 1.82) is 0 Å². The summed E-state index contributed by atoms with van der Waals surface area (Å²) >= 11 is 0. The number of aryl methyl sites for hydroxylation is 2. The fourth-order valence-electron chi connectivity index (χ4n) is 3.51. The molecule has 2 heterocycles. The van der Waals surface area contributed by atoms with E-state index >= 15 is 0 Å². The van der Waals surface area contributed by atoms with Crippen LogP contribution in [0.5, 0.6) is 0 Å². The highest BCUT2D eigenvalue weighted by atomic mass is 16.2. The molecule has 7 heteroatoms. The number of nitrogens with two attached hydrogens (primary N) is 1. The average molecular weight is 357 g/mol. The van der Waals surface area contributed by atoms with E-state index in [-0.39, 0.29) is 11.9 Å². The lowest BCUT2D eigenvalue weighted by Crippen LogP contribution is -2.45. The van der Waals surface area contributed by atoms with Gasteiger partial charge >= 0.3 is 6.03 Å². The van der Waals surface area contributed by atoms with Gasteiger partial charge in [0.1, 0.15) is 5.82 Å². The molecule has 2 aromatic rings. The van der Waals surface area contributed by atoms with Gasteiger partial charge in [-0.15, -0.1) is 0 Å². The largest absolute Gasteiger partial charge is 0.370 e. The van der Waals surface area contributed by atoms with E-state index in [9.17, 15) is 9.59 Å². The smallest absolute Gasteiger partial charge is 0.317 e. The second-order valence-electron chi connectivity index (χ2n) is 7.26. The van der Waals surface area contributed by atoms with Crippen molar-refractivity contribution in [3.63, 3.8) is 0 Å². The van der Waals surface area contributed by atoms with Crippen LogP contribution in [0.3, 0.4) is 0 Å². The monoisotopic (exact) mass is 357 g/mol. The first kappa shape index (κ1) is 18.2. The Bertz CT molecular complexity index is 775. The molecule has 0 unspecified atom stereocenters. The average Bonchev–Trinajstić information content (AvgIpc) is 3.00. The Kier molecular flexibility index (Phi) is 5.44. The Morgan fingerprint density at radius 1 is 1.35 bits per heavy atom. The fraction of sp³-hybridized carbons (Fsp3) is 0.526. The van der Waals surface area contributed by atoms with E-state index in [1.54, 1.807) is 0 Å². The number of benzene rings is 1. The number of piperidine rings is 1. The molecule has 4 N–H and O–H groups in total. The van der Waals surface area contributed by atoms with Crippen molar-refractivity contribution >= 4 is 23.0 Å². The van der Waals surface area contributed by atoms with E-state index < -0.39 is 0 Å². The van der Waals surface area contributed by atoms with Crippen LogP contribution in [-0.4, -0.2) is 39.9 Å². The quantitative estimate of drug-likeness (QED) is 0.765. The molecule has 0 saturated carbocycles. The number of nitrogens with one attached hydrogen (secondary N) is 2. The third-order valence-electron chi connectivity index (χ3n) is 5.16. The van der Waals surface area contributed by atoms with Crippen LogP contribution in [0.4, 0.5) is 4.79 Å². The Labute approximate surface area is 153 Å². The molecular weight excluding hydrogens is 330 g/mol. The molecule has 0 spiro atoms. The maximum atomic E-state index is 12.5. The number of likely N-dealkylation sites (tertiary alicyclic amines) is 1. The van der Waals surface area contributed by atoms with Gasteiger partial charge in [0, 0.05) is 19.5 Å². The van der Waals surface area contributed by atoms with Crippen molar-refractivity contribution in [3.8, 4) is 0 Å². The molecule has 140 valence electrons. The third-order valence-corrected chi connectivity index (χ3v) is 5.16. The van der Waals surface area contributed by atoms with Crippen LogP contribution in [0.15, 0.2) is 12.1 Å². The molecule has 1 atom stereocenters. The SMILES string of the molecule is Cc1cc2nc(CNC(=O)N3CCC[C@@H](CCC(N)=O)C3)[nH]c2cc1C. The normalized spacial score (nSPS) is 17.5. The number of carbonyl (C=O) groups is 2. The number of imidazole rings is 1. The lowest BCUT2D eigenvalue weighted by molar-refractivity contribution is -0.118. The zero-order chi connectivity index (χ0) is 18.7. The molecule has 0 bridgehead atoms. The van der Waals surface area contributed by atoms with E-state index in [2.05, 4.69) is 41.3 Å². The van der Waals surface area contributed by atoms with E-state index in [1.165, 1.54) is 11.1 Å². The lowest BCUT2D eigenvalue weighted by Gasteiger charge is -2.32. The number of hydrogen-bond donors (Lipinski definition) is 3. The predicted octanol–water partition coefficient (Wildman–Crippen LogP) is 2.37. The Morgan fingerprint density at radius 2 is 2.12 bits per heavy atom. The maximum absolute atomic E-state index is 12.5. The number of H-pyrrole nitrogens is 1. The number of aromatic amines is 1. The molecule has 3 amide bonds. The molecule has 1 fully saturated rings. The van der Waals surface area contributed by atoms with Crippen molar-refractivity contribution in [2.24, 2.45) is 11.7 Å². The van der Waals surface area contributed by atoms with Crippen molar-refractivity contribution in [3.05, 3.63) is 29.1 Å². The predicted molar refractivity (Wildman–Crippen MR) is 101 cm³/mol. The van der Waals surface area contributed by atoms with Crippen LogP contribution in [-0.2, 0) is 11.3 Å². The summed E-state index contributed by atoms with van der Waals surface area (Å²) in [5.41, 5.74) is 9.55. The molecule has 1 aliphatic heterocycles. The maximum Gasteiger partial charge on any atom is 0.317 e. The second kappa shape index (κ2) is 7.76. The van der Waals surface area contributed by atoms with Crippen LogP contribution in [0, 0.1) is 19.8 Å². The highest BCUT2D eigenvalue weighted by Crippen LogP contribution is 2.21. The van der Waals surface area contributed by atoms with Crippen molar-refractivity contribution in [1.82, 2.24) is 20.2 Å². The summed E-state index contributed by atoms with van der Waals surface area (Å²) in [7, 11) is 0. The van der Waals surface area contributed by atoms with Gasteiger partial charge in [0.05, 0.1) is 17.6 Å². The molecule has 0 aliphatic carbocycles. The first-order valence-corrected chi connectivity index (χ1v) is 9.19. The van der Waals surface area contributed by atoms with Crippen LogP contribution in [0.25, 0.3) is 11.0 Å². The molecule has 1 saturated heterocycles. The summed E-state index contributed by atoms with van der Waals surface area (Å²) in [6, 6.07) is 4.05. The molecule has 3 rings (SSSR count). The first-order valence-electron chi connectivity index (χ1n) is 9.19. The standard InChI is InChI=1S/C19H27N5O2/c1-12-8-15-16(9-13(12)2)23-18(22-15)10-21-19(26)24-7-3-4-14(11-24)5-6-17(20)25/h8-9,14H,3-7,10-11H2,1-2H3,(H2,20,25)(H,21,26)(H,22,23)/t14-/m0/s1. The summed E-state index contributed by atoms with van der Waals surface area (Å²) in [5.74, 6) is 0.821. The molecule has 7 nitrogen and oxygen atoms in total. The molecule has 1 aromatic carbocycles. The Morgan fingerprint density at radius 3 is 2.88 bits per heavy atom. The highest BCUT2D eigenvalue weighted by molar-refractivity contribution is 5.77. The van der Waals surface area contributed by atoms with Gasteiger partial charge in [-0.05, 0) is 62.3 Å². The molecule has 26 heavy (non-hydrogen) atoms. The zero-order valence-corrected chi connectivity index (χ0v) is 15.5. The third kappa shape index (κ3) is 4.33. The van der Waals surface area contributed by atoms with E-state index in [4.69, 9.17) is 5.73 Å². The number of hydrogen-bond acceptors (Lipinski definition) is 3. The minimum absolute atomic E-state index is 0.0819. The van der Waals surface area contributed by atoms with Gasteiger partial charge < -0.3 is 20.9 Å². The van der Waals surface area contributed by atoms with Gasteiger partial charge in [-0.25, -0.2) is 9.78 Å². The topological polar surface area (TPSA) is 104 Å². The zero-order valence-electron chi connectivity index (χ0n) is 15.5. The van der Waals surface area contributed by atoms with Gasteiger partial charge in [-0.1, -0.05) is 0 Å². The van der Waals surface area contributed by atoms with Crippen LogP contribution in [0.1, 0.15) is 42.6 Å². The van der Waals surface area contributed by atoms with Crippen LogP contribution in [0.2, 0.25) is 0 Å². The first-order chi connectivity index (χ1) is 12.4. The molecule has 1 aromatic heterocycles. The number of primary amides is 1. The lowest BCUT2D eigenvalue weighted by atomic mass is 9.93. The van der Waals surface area contributed by atoms with E-state index in [1.807, 2.05) is 4.90 Å². The van der Waals surface area contributed by atoms with Crippen molar-refractivity contribution in [2.75, 3.05) is 13.1 Å². The summed E-state index contributed by atoms with van der Waals surface area (Å²) in [5, 5.41) is 2.95. The van der Waals surface area contributed by atoms with E-state index in [0.29, 0.717) is 25.4 Å². The van der Waals surface area contributed by atoms with Crippen molar-refractivity contribution in [2.45, 2.75) is 46.1 Å². The van der Waals surface area contributed by atoms with Gasteiger partial charge in [-0.3, -0.25) is 4.79 Å². The summed E-state index contributed by atoms with van der Waals surface area (Å²) < 4.78 is 0. The van der Waals surface area contributed by atoms with Gasteiger partial charge in [0.2, 0.25) is 5.91 Å². The minimum Gasteiger partial charge on any atom is -0.370 e. The molecule has 0 radical (unpaired) electrons. The number of fused-ring (bicyclic) bond motifs is 1. The van der Waals surface area contributed by atoms with Gasteiger partial charge in [0.25, 0.3) is 0 Å². The number of nitrogens with zero attached hydrogens (tertiary/aromatic N) is 2. The number of amides is 3. The minimum atomic E-state index is -0.276. The number of carbonyl (C=O) groups excluding carboxylic acids is 2. The van der Waals surface area contributed by atoms with Crippen molar-refractivity contribution < 1.29 is 9.59 Å². The van der Waals surface area contributed by atoms with Crippen LogP contribution >= 0.6 is 0 Å². The Balaban J connectivity index is 1.55. The Hall–Kier alpha value is -2.57. The molecular formula is C19H27N5O2. The summed E-state index contributed by atoms with van der Waals surface area (Å²) in [6.07, 6.45) is 3.14. The number of urea groups is 1. The number of rotatable bonds is 5. The second-order valence-corrected chi connectivity index (χ2v) is 7.26.